The minimum Gasteiger partial charge on any atom is -0.355 e. The normalized spacial score (nSPS) is 10.2. The first kappa shape index (κ1) is 13.9. The van der Waals surface area contributed by atoms with Crippen molar-refractivity contribution in [2.75, 3.05) is 12.4 Å². The Hall–Kier alpha value is -3.08. The summed E-state index contributed by atoms with van der Waals surface area (Å²) in [4.78, 5) is 11.7. The fourth-order valence-corrected chi connectivity index (χ4v) is 2.20. The van der Waals surface area contributed by atoms with Crippen LogP contribution in [0.5, 0.6) is 0 Å². The number of hydrogen-bond acceptors (Lipinski definition) is 3. The van der Waals surface area contributed by atoms with Gasteiger partial charge < -0.3 is 10.6 Å². The highest BCUT2D eigenvalue weighted by atomic mass is 16.1. The van der Waals surface area contributed by atoms with E-state index in [-0.39, 0.29) is 5.91 Å². The van der Waals surface area contributed by atoms with Gasteiger partial charge in [0.25, 0.3) is 5.91 Å². The first-order chi connectivity index (χ1) is 10.8. The van der Waals surface area contributed by atoms with Crippen LogP contribution in [0.25, 0.3) is 5.69 Å². The summed E-state index contributed by atoms with van der Waals surface area (Å²) in [6.07, 6.45) is 3.64. The maximum absolute atomic E-state index is 11.7. The molecule has 2 aromatic carbocycles. The third kappa shape index (κ3) is 2.98. The summed E-state index contributed by atoms with van der Waals surface area (Å²) in [6.45, 7) is 0. The Kier molecular flexibility index (Phi) is 3.87. The van der Waals surface area contributed by atoms with Crippen molar-refractivity contribution in [1.29, 1.82) is 0 Å². The van der Waals surface area contributed by atoms with Crippen molar-refractivity contribution >= 4 is 17.3 Å². The molecule has 1 amide bonds. The van der Waals surface area contributed by atoms with E-state index < -0.39 is 0 Å². The average Bonchev–Trinajstić information content (AvgIpc) is 3.09. The largest absolute Gasteiger partial charge is 0.355 e. The van der Waals surface area contributed by atoms with Crippen LogP contribution in [0.4, 0.5) is 11.4 Å². The van der Waals surface area contributed by atoms with Crippen molar-refractivity contribution in [1.82, 2.24) is 15.1 Å². The molecule has 0 fully saturated rings. The molecule has 0 atom stereocenters. The van der Waals surface area contributed by atoms with E-state index in [9.17, 15) is 4.79 Å². The third-order valence-electron chi connectivity index (χ3n) is 3.26. The van der Waals surface area contributed by atoms with Gasteiger partial charge in [0.2, 0.25) is 0 Å². The lowest BCUT2D eigenvalue weighted by molar-refractivity contribution is 0.0963. The van der Waals surface area contributed by atoms with Crippen LogP contribution in [0.3, 0.4) is 0 Å². The van der Waals surface area contributed by atoms with Crippen molar-refractivity contribution in [2.24, 2.45) is 0 Å². The molecular formula is C17H16N4O. The number of aromatic nitrogens is 2. The van der Waals surface area contributed by atoms with Crippen LogP contribution in [-0.4, -0.2) is 22.7 Å². The highest BCUT2D eigenvalue weighted by Gasteiger charge is 2.04. The molecule has 1 heterocycles. The molecule has 5 nitrogen and oxygen atoms in total. The van der Waals surface area contributed by atoms with Crippen molar-refractivity contribution in [3.05, 3.63) is 72.6 Å². The highest BCUT2D eigenvalue weighted by molar-refractivity contribution is 5.95. The predicted molar refractivity (Wildman–Crippen MR) is 86.7 cm³/mol. The van der Waals surface area contributed by atoms with Gasteiger partial charge in [-0.05, 0) is 42.5 Å². The predicted octanol–water partition coefficient (Wildman–Crippen LogP) is 2.98. The van der Waals surface area contributed by atoms with Crippen molar-refractivity contribution in [3.8, 4) is 5.69 Å². The van der Waals surface area contributed by atoms with Crippen LogP contribution >= 0.6 is 0 Å². The highest BCUT2D eigenvalue weighted by Crippen LogP contribution is 2.20. The number of anilines is 2. The maximum Gasteiger partial charge on any atom is 0.251 e. The smallest absolute Gasteiger partial charge is 0.251 e. The molecule has 3 aromatic rings. The molecule has 1 aromatic heterocycles. The Balaban J connectivity index is 1.84. The lowest BCUT2D eigenvalue weighted by Crippen LogP contribution is -2.17. The first-order valence-corrected chi connectivity index (χ1v) is 6.95. The lowest BCUT2D eigenvalue weighted by Gasteiger charge is -2.10. The zero-order valence-electron chi connectivity index (χ0n) is 12.2. The molecular weight excluding hydrogens is 276 g/mol. The molecule has 110 valence electrons. The van der Waals surface area contributed by atoms with Crippen LogP contribution in [0.2, 0.25) is 0 Å². The molecule has 0 saturated heterocycles. The number of carbonyl (C=O) groups is 1. The topological polar surface area (TPSA) is 59.0 Å². The van der Waals surface area contributed by atoms with Gasteiger partial charge >= 0.3 is 0 Å². The van der Waals surface area contributed by atoms with E-state index in [1.54, 1.807) is 24.0 Å². The van der Waals surface area contributed by atoms with Crippen LogP contribution in [0.1, 0.15) is 10.4 Å². The number of amides is 1. The summed E-state index contributed by atoms with van der Waals surface area (Å²) in [5.74, 6) is -0.103. The van der Waals surface area contributed by atoms with Crippen LogP contribution in [0.15, 0.2) is 67.0 Å². The number of carbonyl (C=O) groups excluding carboxylic acids is 1. The first-order valence-electron chi connectivity index (χ1n) is 6.95. The van der Waals surface area contributed by atoms with Crippen LogP contribution in [-0.2, 0) is 0 Å². The van der Waals surface area contributed by atoms with Gasteiger partial charge in [0.1, 0.15) is 0 Å². The summed E-state index contributed by atoms with van der Waals surface area (Å²) < 4.78 is 1.80. The van der Waals surface area contributed by atoms with Crippen molar-refractivity contribution in [3.63, 3.8) is 0 Å². The molecule has 0 bridgehead atoms. The Labute approximate surface area is 128 Å². The Morgan fingerprint density at radius 1 is 1.05 bits per heavy atom. The van der Waals surface area contributed by atoms with E-state index in [0.29, 0.717) is 5.56 Å². The number of hydrogen-bond donors (Lipinski definition) is 2. The monoisotopic (exact) mass is 292 g/mol. The summed E-state index contributed by atoms with van der Waals surface area (Å²) >= 11 is 0. The molecule has 0 unspecified atom stereocenters. The molecule has 0 aliphatic heterocycles. The second-order valence-electron chi connectivity index (χ2n) is 4.79. The van der Waals surface area contributed by atoms with Gasteiger partial charge in [-0.15, -0.1) is 0 Å². The van der Waals surface area contributed by atoms with E-state index >= 15 is 0 Å². The zero-order chi connectivity index (χ0) is 15.4. The number of nitrogens with zero attached hydrogens (tertiary/aromatic N) is 2. The van der Waals surface area contributed by atoms with Gasteiger partial charge in [0.05, 0.1) is 5.69 Å². The number of benzene rings is 2. The quantitative estimate of drug-likeness (QED) is 0.777. The summed E-state index contributed by atoms with van der Waals surface area (Å²) in [6, 6.07) is 17.2. The molecule has 0 aliphatic carbocycles. The molecule has 3 rings (SSSR count). The molecule has 2 N–H and O–H groups in total. The maximum atomic E-state index is 11.7. The summed E-state index contributed by atoms with van der Waals surface area (Å²) in [5.41, 5.74) is 3.38. The minimum atomic E-state index is -0.103. The fraction of sp³-hybridized carbons (Fsp3) is 0.0588. The van der Waals surface area contributed by atoms with Gasteiger partial charge in [0, 0.05) is 36.4 Å². The summed E-state index contributed by atoms with van der Waals surface area (Å²) in [7, 11) is 1.62. The third-order valence-corrected chi connectivity index (χ3v) is 3.26. The number of nitrogens with one attached hydrogen (secondary N) is 2. The van der Waals surface area contributed by atoms with Gasteiger partial charge in [-0.1, -0.05) is 12.1 Å². The van der Waals surface area contributed by atoms with Crippen LogP contribution in [0, 0.1) is 0 Å². The van der Waals surface area contributed by atoms with E-state index in [1.165, 1.54) is 0 Å². The van der Waals surface area contributed by atoms with Gasteiger partial charge in [-0.25, -0.2) is 4.68 Å². The van der Waals surface area contributed by atoms with Gasteiger partial charge in [-0.3, -0.25) is 4.79 Å². The number of rotatable bonds is 4. The Bertz CT molecular complexity index is 781. The van der Waals surface area contributed by atoms with Crippen molar-refractivity contribution in [2.45, 2.75) is 0 Å². The minimum absolute atomic E-state index is 0.103. The molecule has 22 heavy (non-hydrogen) atoms. The fourth-order valence-electron chi connectivity index (χ4n) is 2.20. The van der Waals surface area contributed by atoms with E-state index in [4.69, 9.17) is 0 Å². The van der Waals surface area contributed by atoms with Crippen molar-refractivity contribution < 1.29 is 4.79 Å². The van der Waals surface area contributed by atoms with E-state index in [0.717, 1.165) is 17.1 Å². The molecule has 0 aliphatic rings. The molecule has 0 saturated carbocycles. The van der Waals surface area contributed by atoms with Gasteiger partial charge in [0.15, 0.2) is 0 Å². The molecule has 0 spiro atoms. The molecule has 5 heteroatoms. The lowest BCUT2D eigenvalue weighted by atomic mass is 10.2. The Morgan fingerprint density at radius 3 is 2.55 bits per heavy atom. The van der Waals surface area contributed by atoms with E-state index in [1.807, 2.05) is 54.7 Å². The standard InChI is InChI=1S/C17H16N4O/c1-18-17(22)13-5-2-6-14(11-13)20-15-7-3-8-16(12-15)21-10-4-9-19-21/h2-12,20H,1H3,(H,18,22). The SMILES string of the molecule is CNC(=O)c1cccc(Nc2cccc(-n3cccn3)c2)c1. The molecule has 0 radical (unpaired) electrons. The van der Waals surface area contributed by atoms with E-state index in [2.05, 4.69) is 15.7 Å². The van der Waals surface area contributed by atoms with Crippen LogP contribution < -0.4 is 10.6 Å². The van der Waals surface area contributed by atoms with Gasteiger partial charge in [-0.2, -0.15) is 5.10 Å². The second-order valence-corrected chi connectivity index (χ2v) is 4.79. The summed E-state index contributed by atoms with van der Waals surface area (Å²) in [5, 5.41) is 10.1. The average molecular weight is 292 g/mol. The zero-order valence-corrected chi connectivity index (χ0v) is 12.2. The Morgan fingerprint density at radius 2 is 1.82 bits per heavy atom. The second kappa shape index (κ2) is 6.13.